The van der Waals surface area contributed by atoms with Gasteiger partial charge in [-0.3, -0.25) is 9.69 Å². The van der Waals surface area contributed by atoms with Gasteiger partial charge in [-0.05, 0) is 49.1 Å². The normalized spacial score (nSPS) is 20.5. The van der Waals surface area contributed by atoms with Crippen LogP contribution in [-0.4, -0.2) is 56.9 Å². The van der Waals surface area contributed by atoms with Crippen LogP contribution in [0.15, 0.2) is 54.6 Å². The van der Waals surface area contributed by atoms with Gasteiger partial charge in [-0.1, -0.05) is 30.3 Å². The van der Waals surface area contributed by atoms with Crippen molar-refractivity contribution in [2.24, 2.45) is 0 Å². The zero-order valence-electron chi connectivity index (χ0n) is 17.2. The highest BCUT2D eigenvalue weighted by molar-refractivity contribution is 7.91. The number of nitrogens with zero attached hydrogens (tertiary/aromatic N) is 2. The van der Waals surface area contributed by atoms with Crippen LogP contribution in [0.1, 0.15) is 30.9 Å². The van der Waals surface area contributed by atoms with Crippen molar-refractivity contribution in [3.05, 3.63) is 60.2 Å². The Kier molecular flexibility index (Phi) is 6.39. The fraction of sp³-hybridized carbons (Fsp3) is 0.435. The van der Waals surface area contributed by atoms with E-state index in [1.165, 1.54) is 24.9 Å². The van der Waals surface area contributed by atoms with Gasteiger partial charge in [-0.25, -0.2) is 8.42 Å². The summed E-state index contributed by atoms with van der Waals surface area (Å²) in [6, 6.07) is 17.1. The lowest BCUT2D eigenvalue weighted by atomic mass is 10.0. The number of hydrogen-bond donors (Lipinski definition) is 1. The molecule has 0 aliphatic carbocycles. The van der Waals surface area contributed by atoms with Crippen molar-refractivity contribution in [2.75, 3.05) is 47.9 Å². The number of nitrogens with one attached hydrogen (secondary N) is 1. The van der Waals surface area contributed by atoms with E-state index in [2.05, 4.69) is 22.3 Å². The third kappa shape index (κ3) is 5.02. The fourth-order valence-electron chi connectivity index (χ4n) is 4.27. The molecule has 2 aliphatic rings. The van der Waals surface area contributed by atoms with E-state index in [4.69, 9.17) is 0 Å². The van der Waals surface area contributed by atoms with E-state index < -0.39 is 15.9 Å². The summed E-state index contributed by atoms with van der Waals surface area (Å²) in [5, 5.41) is 3.04. The molecule has 1 N–H and O–H groups in total. The Morgan fingerprint density at radius 2 is 1.47 bits per heavy atom. The second-order valence-corrected chi connectivity index (χ2v) is 10.4. The molecular weight excluding hydrogens is 398 g/mol. The van der Waals surface area contributed by atoms with Crippen LogP contribution >= 0.6 is 0 Å². The zero-order valence-corrected chi connectivity index (χ0v) is 18.0. The van der Waals surface area contributed by atoms with E-state index in [-0.39, 0.29) is 17.4 Å². The Labute approximate surface area is 178 Å². The van der Waals surface area contributed by atoms with Crippen molar-refractivity contribution < 1.29 is 13.2 Å². The lowest BCUT2D eigenvalue weighted by Crippen LogP contribution is -2.46. The van der Waals surface area contributed by atoms with Crippen LogP contribution in [0.25, 0.3) is 0 Å². The lowest BCUT2D eigenvalue weighted by molar-refractivity contribution is -0.121. The summed E-state index contributed by atoms with van der Waals surface area (Å²) >= 11 is 0. The molecule has 0 radical (unpaired) electrons. The minimum atomic E-state index is -3.01. The van der Waals surface area contributed by atoms with Gasteiger partial charge in [-0.2, -0.15) is 0 Å². The third-order valence-electron chi connectivity index (χ3n) is 5.96. The van der Waals surface area contributed by atoms with Gasteiger partial charge in [0.25, 0.3) is 0 Å². The molecular formula is C23H29N3O3S. The molecule has 6 nitrogen and oxygen atoms in total. The van der Waals surface area contributed by atoms with E-state index >= 15 is 0 Å². The van der Waals surface area contributed by atoms with Crippen molar-refractivity contribution in [2.45, 2.75) is 25.3 Å². The quantitative estimate of drug-likeness (QED) is 0.794. The topological polar surface area (TPSA) is 69.7 Å². The number of benzene rings is 2. The van der Waals surface area contributed by atoms with Crippen LogP contribution in [-0.2, 0) is 14.6 Å². The van der Waals surface area contributed by atoms with Gasteiger partial charge in [0, 0.05) is 37.6 Å². The second kappa shape index (κ2) is 9.18. The summed E-state index contributed by atoms with van der Waals surface area (Å²) in [4.78, 5) is 17.6. The standard InChI is InChI=1S/C23H29N3O3S/c27-23(24-20-9-11-21(12-10-20)25-13-5-2-6-14-25)22(19-7-3-1-4-8-19)26-15-17-30(28,29)18-16-26/h1,3-4,7-12,22H,2,5-6,13-18H2,(H,24,27). The van der Waals surface area contributed by atoms with Crippen molar-refractivity contribution >= 4 is 27.1 Å². The summed E-state index contributed by atoms with van der Waals surface area (Å²) in [5.74, 6) is 0.0497. The molecule has 1 amide bonds. The van der Waals surface area contributed by atoms with E-state index in [9.17, 15) is 13.2 Å². The molecule has 4 rings (SSSR count). The van der Waals surface area contributed by atoms with Gasteiger partial charge >= 0.3 is 0 Å². The van der Waals surface area contributed by atoms with E-state index in [0.29, 0.717) is 13.1 Å². The van der Waals surface area contributed by atoms with Gasteiger partial charge in [0.1, 0.15) is 6.04 Å². The summed E-state index contributed by atoms with van der Waals surface area (Å²) in [7, 11) is -3.01. The van der Waals surface area contributed by atoms with Crippen molar-refractivity contribution in [1.82, 2.24) is 4.90 Å². The SMILES string of the molecule is O=C(Nc1ccc(N2CCCCC2)cc1)C(c1ccccc1)N1CCS(=O)(=O)CC1. The first-order chi connectivity index (χ1) is 14.5. The molecule has 160 valence electrons. The fourth-order valence-corrected chi connectivity index (χ4v) is 5.50. The van der Waals surface area contributed by atoms with Gasteiger partial charge in [0.2, 0.25) is 5.91 Å². The maximum atomic E-state index is 13.2. The summed E-state index contributed by atoms with van der Waals surface area (Å²) in [5.41, 5.74) is 2.82. The molecule has 2 aromatic rings. The molecule has 7 heteroatoms. The monoisotopic (exact) mass is 427 g/mol. The lowest BCUT2D eigenvalue weighted by Gasteiger charge is -2.33. The highest BCUT2D eigenvalue weighted by Crippen LogP contribution is 2.26. The summed E-state index contributed by atoms with van der Waals surface area (Å²) in [6.45, 7) is 2.89. The minimum absolute atomic E-state index is 0.0914. The predicted molar refractivity (Wildman–Crippen MR) is 121 cm³/mol. The molecule has 2 saturated heterocycles. The van der Waals surface area contributed by atoms with Crippen LogP contribution in [0.5, 0.6) is 0 Å². The van der Waals surface area contributed by atoms with Crippen molar-refractivity contribution in [3.63, 3.8) is 0 Å². The largest absolute Gasteiger partial charge is 0.372 e. The molecule has 0 aromatic heterocycles. The number of rotatable bonds is 5. The molecule has 1 atom stereocenters. The highest BCUT2D eigenvalue weighted by Gasteiger charge is 2.32. The average Bonchev–Trinajstić information content (AvgIpc) is 2.77. The molecule has 2 aromatic carbocycles. The first-order valence-corrected chi connectivity index (χ1v) is 12.5. The molecule has 0 bridgehead atoms. The predicted octanol–water partition coefficient (Wildman–Crippen LogP) is 3.09. The number of carbonyl (C=O) groups is 1. The Morgan fingerprint density at radius 1 is 0.833 bits per heavy atom. The number of carbonyl (C=O) groups excluding carboxylic acids is 1. The molecule has 0 saturated carbocycles. The van der Waals surface area contributed by atoms with Gasteiger partial charge in [0.15, 0.2) is 9.84 Å². The number of sulfone groups is 1. The van der Waals surface area contributed by atoms with E-state index in [1.807, 2.05) is 47.4 Å². The maximum absolute atomic E-state index is 13.2. The Morgan fingerprint density at radius 3 is 2.10 bits per heavy atom. The first kappa shape index (κ1) is 20.9. The minimum Gasteiger partial charge on any atom is -0.372 e. The smallest absolute Gasteiger partial charge is 0.246 e. The van der Waals surface area contributed by atoms with Crippen LogP contribution < -0.4 is 10.2 Å². The number of amides is 1. The maximum Gasteiger partial charge on any atom is 0.246 e. The van der Waals surface area contributed by atoms with Crippen LogP contribution in [0.2, 0.25) is 0 Å². The first-order valence-electron chi connectivity index (χ1n) is 10.7. The van der Waals surface area contributed by atoms with E-state index in [0.717, 1.165) is 24.3 Å². The van der Waals surface area contributed by atoms with Crippen LogP contribution in [0, 0.1) is 0 Å². The zero-order chi connectivity index (χ0) is 21.0. The molecule has 30 heavy (non-hydrogen) atoms. The average molecular weight is 428 g/mol. The Hall–Kier alpha value is -2.38. The highest BCUT2D eigenvalue weighted by atomic mass is 32.2. The van der Waals surface area contributed by atoms with Crippen LogP contribution in [0.4, 0.5) is 11.4 Å². The van der Waals surface area contributed by atoms with Gasteiger partial charge in [-0.15, -0.1) is 0 Å². The number of piperidine rings is 1. The molecule has 1 unspecified atom stereocenters. The Balaban J connectivity index is 1.49. The van der Waals surface area contributed by atoms with Crippen molar-refractivity contribution in [3.8, 4) is 0 Å². The van der Waals surface area contributed by atoms with Gasteiger partial charge in [0.05, 0.1) is 11.5 Å². The third-order valence-corrected chi connectivity index (χ3v) is 7.57. The van der Waals surface area contributed by atoms with Gasteiger partial charge < -0.3 is 10.2 Å². The van der Waals surface area contributed by atoms with Crippen molar-refractivity contribution in [1.29, 1.82) is 0 Å². The molecule has 2 fully saturated rings. The molecule has 2 aliphatic heterocycles. The van der Waals surface area contributed by atoms with E-state index in [1.54, 1.807) is 0 Å². The molecule has 2 heterocycles. The number of anilines is 2. The van der Waals surface area contributed by atoms with Crippen LogP contribution in [0.3, 0.4) is 0 Å². The Bertz CT molecular complexity index is 941. The second-order valence-electron chi connectivity index (χ2n) is 8.08. The number of hydrogen-bond acceptors (Lipinski definition) is 5. The molecule has 0 spiro atoms. The summed E-state index contributed by atoms with van der Waals surface area (Å²) in [6.07, 6.45) is 3.74. The summed E-state index contributed by atoms with van der Waals surface area (Å²) < 4.78 is 23.7.